The maximum atomic E-state index is 13.4. The zero-order chi connectivity index (χ0) is 18.9. The van der Waals surface area contributed by atoms with Gasteiger partial charge in [-0.3, -0.25) is 9.59 Å². The molecule has 26 heavy (non-hydrogen) atoms. The SMILES string of the molecule is C[C@]12CCC(=O)CC1CC[C@@H]1[C@@H]2C(=O)C[C@@]2(C)[C@H]1CC[C@]2(O)C(O)CO. The Morgan fingerprint density at radius 1 is 1.15 bits per heavy atom. The van der Waals surface area contributed by atoms with Crippen LogP contribution in [0.15, 0.2) is 0 Å². The lowest BCUT2D eigenvalue weighted by atomic mass is 9.44. The van der Waals surface area contributed by atoms with Crippen molar-refractivity contribution in [1.82, 2.24) is 0 Å². The van der Waals surface area contributed by atoms with Crippen LogP contribution >= 0.6 is 0 Å². The highest BCUT2D eigenvalue weighted by Crippen LogP contribution is 2.67. The average Bonchev–Trinajstić information content (AvgIpc) is 2.86. The Balaban J connectivity index is 1.70. The summed E-state index contributed by atoms with van der Waals surface area (Å²) in [4.78, 5) is 25.3. The summed E-state index contributed by atoms with van der Waals surface area (Å²) in [6.45, 7) is 3.67. The summed E-state index contributed by atoms with van der Waals surface area (Å²) in [5.41, 5.74) is -2.18. The maximum Gasteiger partial charge on any atom is 0.137 e. The molecule has 3 N–H and O–H groups in total. The Labute approximate surface area is 155 Å². The van der Waals surface area contributed by atoms with E-state index in [4.69, 9.17) is 0 Å². The van der Waals surface area contributed by atoms with Crippen molar-refractivity contribution >= 4 is 11.6 Å². The van der Waals surface area contributed by atoms with E-state index in [0.29, 0.717) is 31.0 Å². The summed E-state index contributed by atoms with van der Waals surface area (Å²) in [6.07, 6.45) is 4.18. The molecule has 2 unspecified atom stereocenters. The minimum atomic E-state index is -1.40. The lowest BCUT2D eigenvalue weighted by Gasteiger charge is -2.60. The first kappa shape index (κ1) is 18.6. The number of ketones is 2. The maximum absolute atomic E-state index is 13.4. The highest BCUT2D eigenvalue weighted by Gasteiger charge is 2.68. The molecule has 0 aromatic heterocycles. The van der Waals surface area contributed by atoms with E-state index in [2.05, 4.69) is 6.92 Å². The van der Waals surface area contributed by atoms with Crippen LogP contribution in [0.2, 0.25) is 0 Å². The van der Waals surface area contributed by atoms with Gasteiger partial charge in [-0.2, -0.15) is 0 Å². The normalized spacial score (nSPS) is 52.2. The van der Waals surface area contributed by atoms with Gasteiger partial charge in [0.05, 0.1) is 12.2 Å². The second kappa shape index (κ2) is 5.86. The molecule has 4 saturated carbocycles. The van der Waals surface area contributed by atoms with E-state index in [-0.39, 0.29) is 35.4 Å². The van der Waals surface area contributed by atoms with Gasteiger partial charge in [0.2, 0.25) is 0 Å². The molecule has 0 saturated heterocycles. The van der Waals surface area contributed by atoms with E-state index in [0.717, 1.165) is 25.7 Å². The van der Waals surface area contributed by atoms with E-state index < -0.39 is 23.7 Å². The Kier molecular flexibility index (Phi) is 4.18. The molecule has 4 rings (SSSR count). The molecule has 0 spiro atoms. The van der Waals surface area contributed by atoms with Crippen LogP contribution in [-0.4, -0.2) is 45.2 Å². The third-order valence-corrected chi connectivity index (χ3v) is 9.11. The molecule has 4 aliphatic rings. The first-order chi connectivity index (χ1) is 12.2. The van der Waals surface area contributed by atoms with Gasteiger partial charge in [0.15, 0.2) is 0 Å². The Morgan fingerprint density at radius 3 is 2.58 bits per heavy atom. The number of aliphatic hydroxyl groups is 3. The largest absolute Gasteiger partial charge is 0.394 e. The molecule has 8 atom stereocenters. The van der Waals surface area contributed by atoms with Crippen molar-refractivity contribution in [2.45, 2.75) is 76.9 Å². The number of carbonyl (C=O) groups is 2. The van der Waals surface area contributed by atoms with E-state index in [1.807, 2.05) is 6.92 Å². The van der Waals surface area contributed by atoms with Gasteiger partial charge in [0.25, 0.3) is 0 Å². The quantitative estimate of drug-likeness (QED) is 0.695. The van der Waals surface area contributed by atoms with Gasteiger partial charge >= 0.3 is 0 Å². The van der Waals surface area contributed by atoms with E-state index in [1.165, 1.54) is 0 Å². The topological polar surface area (TPSA) is 94.8 Å². The van der Waals surface area contributed by atoms with E-state index in [9.17, 15) is 24.9 Å². The van der Waals surface area contributed by atoms with Gasteiger partial charge in [-0.1, -0.05) is 13.8 Å². The number of Topliss-reactive ketones (excluding diaryl/α,β-unsaturated/α-hetero) is 2. The zero-order valence-electron chi connectivity index (χ0n) is 15.9. The molecule has 5 heteroatoms. The highest BCUT2D eigenvalue weighted by molar-refractivity contribution is 5.86. The van der Waals surface area contributed by atoms with Crippen LogP contribution in [0.3, 0.4) is 0 Å². The number of hydrogen-bond donors (Lipinski definition) is 3. The van der Waals surface area contributed by atoms with Gasteiger partial charge in [-0.15, -0.1) is 0 Å². The first-order valence-electron chi connectivity index (χ1n) is 10.2. The van der Waals surface area contributed by atoms with Crippen LogP contribution in [0, 0.1) is 34.5 Å². The summed E-state index contributed by atoms with van der Waals surface area (Å²) >= 11 is 0. The van der Waals surface area contributed by atoms with Crippen molar-refractivity contribution in [3.8, 4) is 0 Å². The van der Waals surface area contributed by atoms with Crippen LogP contribution in [0.25, 0.3) is 0 Å². The summed E-state index contributed by atoms with van der Waals surface area (Å²) in [7, 11) is 0. The molecule has 4 aliphatic carbocycles. The van der Waals surface area contributed by atoms with E-state index >= 15 is 0 Å². The summed E-state index contributed by atoms with van der Waals surface area (Å²) < 4.78 is 0. The first-order valence-corrected chi connectivity index (χ1v) is 10.2. The molecule has 0 bridgehead atoms. The fourth-order valence-corrected chi connectivity index (χ4v) is 7.60. The Hall–Kier alpha value is -0.780. The van der Waals surface area contributed by atoms with Crippen LogP contribution in [0.1, 0.15) is 65.2 Å². The molecule has 0 aromatic carbocycles. The number of aliphatic hydroxyl groups excluding tert-OH is 2. The molecular formula is C21H32O5. The van der Waals surface area contributed by atoms with Gasteiger partial charge < -0.3 is 15.3 Å². The van der Waals surface area contributed by atoms with Gasteiger partial charge in [0.1, 0.15) is 17.7 Å². The standard InChI is InChI=1S/C21H32O5/c1-19-7-5-13(23)9-12(19)3-4-14-15-6-8-21(26,17(25)11-22)20(15,2)10-16(24)18(14)19/h12,14-15,17-18,22,25-26H,3-11H2,1-2H3/t12?,14-,15-,17?,18+,19-,20-,21-/m0/s1. The van der Waals surface area contributed by atoms with Crippen molar-refractivity contribution in [1.29, 1.82) is 0 Å². The third-order valence-electron chi connectivity index (χ3n) is 9.11. The van der Waals surface area contributed by atoms with Crippen LogP contribution in [0.5, 0.6) is 0 Å². The van der Waals surface area contributed by atoms with E-state index in [1.54, 1.807) is 0 Å². The van der Waals surface area contributed by atoms with Gasteiger partial charge in [-0.25, -0.2) is 0 Å². The molecule has 146 valence electrons. The van der Waals surface area contributed by atoms with Crippen molar-refractivity contribution in [3.05, 3.63) is 0 Å². The van der Waals surface area contributed by atoms with Crippen molar-refractivity contribution in [3.63, 3.8) is 0 Å². The smallest absolute Gasteiger partial charge is 0.137 e. The molecule has 0 heterocycles. The Bertz CT molecular complexity index is 632. The lowest BCUT2D eigenvalue weighted by Crippen LogP contribution is -2.63. The van der Waals surface area contributed by atoms with Gasteiger partial charge in [0, 0.05) is 30.6 Å². The van der Waals surface area contributed by atoms with Crippen LogP contribution < -0.4 is 0 Å². The molecular weight excluding hydrogens is 332 g/mol. The monoisotopic (exact) mass is 364 g/mol. The minimum absolute atomic E-state index is 0.0268. The fraction of sp³-hybridized carbons (Fsp3) is 0.905. The van der Waals surface area contributed by atoms with Crippen molar-refractivity contribution in [2.24, 2.45) is 34.5 Å². The number of fused-ring (bicyclic) bond motifs is 5. The Morgan fingerprint density at radius 2 is 1.88 bits per heavy atom. The van der Waals surface area contributed by atoms with Crippen LogP contribution in [0.4, 0.5) is 0 Å². The molecule has 0 amide bonds. The van der Waals surface area contributed by atoms with Crippen molar-refractivity contribution < 1.29 is 24.9 Å². The summed E-state index contributed by atoms with van der Waals surface area (Å²) in [5, 5.41) is 31.0. The number of carbonyl (C=O) groups excluding carboxylic acids is 2. The third kappa shape index (κ3) is 2.20. The second-order valence-electron chi connectivity index (χ2n) is 9.99. The fourth-order valence-electron chi connectivity index (χ4n) is 7.60. The second-order valence-corrected chi connectivity index (χ2v) is 9.99. The predicted molar refractivity (Wildman–Crippen MR) is 95.2 cm³/mol. The number of rotatable bonds is 2. The molecule has 0 aromatic rings. The predicted octanol–water partition coefficient (Wildman–Crippen LogP) is 1.86. The molecule has 4 fully saturated rings. The lowest BCUT2D eigenvalue weighted by molar-refractivity contribution is -0.195. The van der Waals surface area contributed by atoms with Crippen LogP contribution in [-0.2, 0) is 9.59 Å². The molecule has 5 nitrogen and oxygen atoms in total. The zero-order valence-corrected chi connectivity index (χ0v) is 15.9. The van der Waals surface area contributed by atoms with Gasteiger partial charge in [-0.05, 0) is 55.3 Å². The minimum Gasteiger partial charge on any atom is -0.394 e. The highest BCUT2D eigenvalue weighted by atomic mass is 16.4. The summed E-state index contributed by atoms with van der Waals surface area (Å²) in [5.74, 6) is 1.21. The summed E-state index contributed by atoms with van der Waals surface area (Å²) in [6, 6.07) is 0. The molecule has 0 aliphatic heterocycles. The average molecular weight is 364 g/mol. The molecule has 0 radical (unpaired) electrons. The van der Waals surface area contributed by atoms with Crippen molar-refractivity contribution in [2.75, 3.05) is 6.61 Å². The number of hydrogen-bond acceptors (Lipinski definition) is 5.